The Hall–Kier alpha value is -1.69. The molecule has 0 saturated carbocycles. The fourth-order valence-corrected chi connectivity index (χ4v) is 2.92. The predicted octanol–water partition coefficient (Wildman–Crippen LogP) is 2.77. The van der Waals surface area contributed by atoms with E-state index in [1.807, 2.05) is 0 Å². The lowest BCUT2D eigenvalue weighted by Gasteiger charge is -2.17. The summed E-state index contributed by atoms with van der Waals surface area (Å²) in [6.07, 6.45) is 4.92. The van der Waals surface area contributed by atoms with Gasteiger partial charge in [0.2, 0.25) is 0 Å². The van der Waals surface area contributed by atoms with Crippen molar-refractivity contribution in [3.63, 3.8) is 0 Å². The van der Waals surface area contributed by atoms with Crippen LogP contribution in [0.5, 0.6) is 0 Å². The lowest BCUT2D eigenvalue weighted by molar-refractivity contribution is 0.600. The zero-order chi connectivity index (χ0) is 15.0. The number of aromatic nitrogens is 2. The molecular formula is C14H18FN3OS. The molecule has 6 heteroatoms. The van der Waals surface area contributed by atoms with Crippen LogP contribution >= 0.6 is 0 Å². The number of nitrogens with zero attached hydrogens (tertiary/aromatic N) is 1. The summed E-state index contributed by atoms with van der Waals surface area (Å²) in [7, 11) is -1.17. The van der Waals surface area contributed by atoms with E-state index >= 15 is 0 Å². The standard InChI is InChI=1S/C14H18FN3OS/c1-5-10(16)11-7(2)13(15)12(8(3)20(4)19)14-9(11)6-17-18-14/h5-6,8H,16H2,1-4H3,(H,17,18)/b10-5-. The van der Waals surface area contributed by atoms with Crippen molar-refractivity contribution in [3.8, 4) is 0 Å². The van der Waals surface area contributed by atoms with Crippen LogP contribution in [0.25, 0.3) is 16.6 Å². The quantitative estimate of drug-likeness (QED) is 0.914. The first-order valence-electron chi connectivity index (χ1n) is 6.29. The Morgan fingerprint density at radius 3 is 2.80 bits per heavy atom. The van der Waals surface area contributed by atoms with E-state index in [4.69, 9.17) is 5.73 Å². The van der Waals surface area contributed by atoms with Gasteiger partial charge in [0.25, 0.3) is 0 Å². The monoisotopic (exact) mass is 295 g/mol. The molecule has 108 valence electrons. The van der Waals surface area contributed by atoms with Gasteiger partial charge < -0.3 is 5.73 Å². The van der Waals surface area contributed by atoms with Crippen molar-refractivity contribution in [2.45, 2.75) is 26.0 Å². The maximum Gasteiger partial charge on any atom is 0.133 e. The van der Waals surface area contributed by atoms with Gasteiger partial charge in [-0.05, 0) is 26.3 Å². The summed E-state index contributed by atoms with van der Waals surface area (Å²) in [4.78, 5) is 0. The number of aromatic amines is 1. The highest BCUT2D eigenvalue weighted by Gasteiger charge is 2.24. The third-order valence-electron chi connectivity index (χ3n) is 3.62. The number of hydrogen-bond acceptors (Lipinski definition) is 3. The highest BCUT2D eigenvalue weighted by molar-refractivity contribution is 7.84. The molecule has 1 aromatic heterocycles. The van der Waals surface area contributed by atoms with E-state index in [0.29, 0.717) is 27.9 Å². The number of nitrogens with one attached hydrogen (secondary N) is 1. The molecule has 1 aromatic carbocycles. The number of rotatable bonds is 3. The summed E-state index contributed by atoms with van der Waals surface area (Å²) in [6, 6.07) is 0. The molecule has 4 nitrogen and oxygen atoms in total. The number of benzene rings is 1. The van der Waals surface area contributed by atoms with Gasteiger partial charge in [0.1, 0.15) is 5.82 Å². The number of halogens is 1. The molecule has 2 rings (SSSR count). The van der Waals surface area contributed by atoms with E-state index in [2.05, 4.69) is 10.2 Å². The van der Waals surface area contributed by atoms with E-state index < -0.39 is 16.0 Å². The fraction of sp³-hybridized carbons (Fsp3) is 0.357. The molecule has 0 spiro atoms. The second-order valence-corrected chi connectivity index (χ2v) is 6.48. The Kier molecular flexibility index (Phi) is 3.94. The Labute approximate surface area is 119 Å². The minimum absolute atomic E-state index is 0.371. The highest BCUT2D eigenvalue weighted by Crippen LogP contribution is 2.35. The maximum atomic E-state index is 14.7. The Balaban J connectivity index is 2.91. The molecule has 0 fully saturated rings. The van der Waals surface area contributed by atoms with Crippen LogP contribution in [0.3, 0.4) is 0 Å². The molecular weight excluding hydrogens is 277 g/mol. The zero-order valence-corrected chi connectivity index (χ0v) is 12.8. The zero-order valence-electron chi connectivity index (χ0n) is 12.0. The van der Waals surface area contributed by atoms with Gasteiger partial charge in [-0.1, -0.05) is 6.08 Å². The second kappa shape index (κ2) is 5.36. The number of allylic oxidation sites excluding steroid dienone is 1. The van der Waals surface area contributed by atoms with Crippen LogP contribution in [0.2, 0.25) is 0 Å². The summed E-state index contributed by atoms with van der Waals surface area (Å²) in [6.45, 7) is 5.23. The molecule has 0 aliphatic carbocycles. The van der Waals surface area contributed by atoms with Crippen molar-refractivity contribution < 1.29 is 8.60 Å². The maximum absolute atomic E-state index is 14.7. The van der Waals surface area contributed by atoms with E-state index in [-0.39, 0.29) is 5.82 Å². The summed E-state index contributed by atoms with van der Waals surface area (Å²) < 4.78 is 26.4. The van der Waals surface area contributed by atoms with Gasteiger partial charge in [0.05, 0.1) is 17.0 Å². The van der Waals surface area contributed by atoms with Crippen LogP contribution in [-0.4, -0.2) is 20.7 Å². The van der Waals surface area contributed by atoms with Crippen molar-refractivity contribution in [2.24, 2.45) is 5.73 Å². The summed E-state index contributed by atoms with van der Waals surface area (Å²) >= 11 is 0. The predicted molar refractivity (Wildman–Crippen MR) is 81.1 cm³/mol. The van der Waals surface area contributed by atoms with Crippen LogP contribution < -0.4 is 5.73 Å². The normalized spacial score (nSPS) is 15.6. The van der Waals surface area contributed by atoms with Gasteiger partial charge in [-0.15, -0.1) is 0 Å². The van der Waals surface area contributed by atoms with Crippen molar-refractivity contribution in [1.82, 2.24) is 10.2 Å². The van der Waals surface area contributed by atoms with Crippen molar-refractivity contribution in [1.29, 1.82) is 0 Å². The first-order chi connectivity index (χ1) is 9.40. The first kappa shape index (κ1) is 14.7. The second-order valence-electron chi connectivity index (χ2n) is 4.77. The minimum Gasteiger partial charge on any atom is -0.398 e. The smallest absolute Gasteiger partial charge is 0.133 e. The molecule has 20 heavy (non-hydrogen) atoms. The summed E-state index contributed by atoms with van der Waals surface area (Å²) in [5.41, 5.74) is 8.55. The lowest BCUT2D eigenvalue weighted by Crippen LogP contribution is -2.09. The molecule has 0 bridgehead atoms. The third kappa shape index (κ3) is 2.14. The topological polar surface area (TPSA) is 71.8 Å². The van der Waals surface area contributed by atoms with Crippen LogP contribution in [0.1, 0.15) is 35.8 Å². The molecule has 2 atom stereocenters. The SMILES string of the molecule is C/C=C(\N)c1c(C)c(F)c(C(C)S(C)=O)c2[nH]ncc12. The number of nitrogens with two attached hydrogens (primary N) is 1. The molecule has 0 radical (unpaired) electrons. The summed E-state index contributed by atoms with van der Waals surface area (Å²) in [5.74, 6) is -0.371. The van der Waals surface area contributed by atoms with Gasteiger partial charge in [-0.3, -0.25) is 9.31 Å². The first-order valence-corrected chi connectivity index (χ1v) is 7.91. The molecule has 0 aliphatic heterocycles. The molecule has 2 unspecified atom stereocenters. The van der Waals surface area contributed by atoms with E-state index in [0.717, 1.165) is 5.39 Å². The fourth-order valence-electron chi connectivity index (χ4n) is 2.37. The van der Waals surface area contributed by atoms with Gasteiger partial charge in [-0.25, -0.2) is 4.39 Å². The van der Waals surface area contributed by atoms with Crippen LogP contribution in [-0.2, 0) is 10.8 Å². The van der Waals surface area contributed by atoms with Crippen molar-refractivity contribution in [2.75, 3.05) is 6.26 Å². The molecule has 0 saturated heterocycles. The Morgan fingerprint density at radius 1 is 1.60 bits per heavy atom. The molecule has 1 heterocycles. The van der Waals surface area contributed by atoms with E-state index in [1.165, 1.54) is 0 Å². The van der Waals surface area contributed by atoms with Crippen LogP contribution in [0.4, 0.5) is 4.39 Å². The van der Waals surface area contributed by atoms with Crippen molar-refractivity contribution in [3.05, 3.63) is 34.8 Å². The molecule has 2 aromatic rings. The van der Waals surface area contributed by atoms with Gasteiger partial charge >= 0.3 is 0 Å². The number of hydrogen-bond donors (Lipinski definition) is 2. The summed E-state index contributed by atoms with van der Waals surface area (Å²) in [5, 5.41) is 7.13. The highest BCUT2D eigenvalue weighted by atomic mass is 32.2. The molecule has 3 N–H and O–H groups in total. The number of fused-ring (bicyclic) bond motifs is 1. The van der Waals surface area contributed by atoms with E-state index in [9.17, 15) is 8.60 Å². The number of H-pyrrole nitrogens is 1. The van der Waals surface area contributed by atoms with Crippen molar-refractivity contribution >= 4 is 27.4 Å². The Bertz CT molecular complexity index is 721. The van der Waals surface area contributed by atoms with Crippen LogP contribution in [0, 0.1) is 12.7 Å². The third-order valence-corrected chi connectivity index (χ3v) is 4.85. The largest absolute Gasteiger partial charge is 0.398 e. The Morgan fingerprint density at radius 2 is 2.25 bits per heavy atom. The van der Waals surface area contributed by atoms with Crippen LogP contribution in [0.15, 0.2) is 12.3 Å². The average molecular weight is 295 g/mol. The van der Waals surface area contributed by atoms with Gasteiger partial charge in [0.15, 0.2) is 0 Å². The van der Waals surface area contributed by atoms with Gasteiger partial charge in [-0.2, -0.15) is 5.10 Å². The molecule has 0 amide bonds. The average Bonchev–Trinajstić information content (AvgIpc) is 2.87. The van der Waals surface area contributed by atoms with Gasteiger partial charge in [0, 0.05) is 39.3 Å². The lowest BCUT2D eigenvalue weighted by atomic mass is 9.95. The minimum atomic E-state index is -1.17. The molecule has 0 aliphatic rings. The van der Waals surface area contributed by atoms with E-state index in [1.54, 1.807) is 39.3 Å².